The number of carboxylic acids is 1. The van der Waals surface area contributed by atoms with Crippen molar-refractivity contribution in [1.29, 1.82) is 0 Å². The van der Waals surface area contributed by atoms with Crippen LogP contribution in [0.5, 0.6) is 0 Å². The Hall–Kier alpha value is -1.81. The molecule has 3 amide bonds. The normalized spacial score (nSPS) is 14.2. The zero-order valence-corrected chi connectivity index (χ0v) is 16.5. The molecule has 26 heavy (non-hydrogen) atoms. The van der Waals surface area contributed by atoms with Crippen LogP contribution in [0.4, 0.5) is 0 Å². The van der Waals surface area contributed by atoms with E-state index in [9.17, 15) is 24.3 Å². The molecule has 0 aliphatic carbocycles. The second-order valence-electron chi connectivity index (χ2n) is 6.44. The van der Waals surface area contributed by atoms with E-state index in [0.717, 1.165) is 0 Å². The molecule has 0 saturated heterocycles. The molecule has 0 saturated carbocycles. The number of amides is 3. The molecule has 0 heterocycles. The highest BCUT2D eigenvalue weighted by Gasteiger charge is 2.27. The Labute approximate surface area is 158 Å². The fraction of sp³-hybridized carbons (Fsp3) is 0.750. The monoisotopic (exact) mass is 390 g/mol. The number of hydrogen-bond acceptors (Lipinski definition) is 6. The van der Waals surface area contributed by atoms with Crippen molar-refractivity contribution < 1.29 is 24.3 Å². The maximum absolute atomic E-state index is 12.4. The van der Waals surface area contributed by atoms with E-state index in [1.54, 1.807) is 0 Å². The SMILES string of the molecule is CSCCC(NC(=O)C(CC(C)C)NC(=O)CNC(=O)C(C)N)C(=O)O. The lowest BCUT2D eigenvalue weighted by Gasteiger charge is -2.23. The van der Waals surface area contributed by atoms with Crippen molar-refractivity contribution in [2.75, 3.05) is 18.6 Å². The predicted octanol–water partition coefficient (Wildman–Crippen LogP) is -0.697. The van der Waals surface area contributed by atoms with E-state index in [2.05, 4.69) is 16.0 Å². The van der Waals surface area contributed by atoms with Gasteiger partial charge in [0.1, 0.15) is 12.1 Å². The van der Waals surface area contributed by atoms with Crippen LogP contribution >= 0.6 is 11.8 Å². The van der Waals surface area contributed by atoms with Gasteiger partial charge in [0.25, 0.3) is 0 Å². The minimum atomic E-state index is -1.12. The topological polar surface area (TPSA) is 151 Å². The summed E-state index contributed by atoms with van der Waals surface area (Å²) in [6.07, 6.45) is 2.47. The van der Waals surface area contributed by atoms with Gasteiger partial charge < -0.3 is 26.8 Å². The van der Waals surface area contributed by atoms with Crippen molar-refractivity contribution in [2.24, 2.45) is 11.7 Å². The van der Waals surface area contributed by atoms with E-state index in [0.29, 0.717) is 12.2 Å². The van der Waals surface area contributed by atoms with Gasteiger partial charge in [0, 0.05) is 0 Å². The van der Waals surface area contributed by atoms with Gasteiger partial charge in [-0.2, -0.15) is 11.8 Å². The number of nitrogens with two attached hydrogens (primary N) is 1. The molecule has 0 aromatic rings. The first-order chi connectivity index (χ1) is 12.1. The first-order valence-electron chi connectivity index (χ1n) is 8.43. The molecule has 0 bridgehead atoms. The second kappa shape index (κ2) is 12.5. The van der Waals surface area contributed by atoms with Gasteiger partial charge in [-0.1, -0.05) is 13.8 Å². The van der Waals surface area contributed by atoms with E-state index >= 15 is 0 Å². The van der Waals surface area contributed by atoms with Crippen LogP contribution in [0.15, 0.2) is 0 Å². The van der Waals surface area contributed by atoms with Gasteiger partial charge in [-0.25, -0.2) is 4.79 Å². The number of nitrogens with one attached hydrogen (secondary N) is 3. The van der Waals surface area contributed by atoms with Gasteiger partial charge in [-0.3, -0.25) is 14.4 Å². The number of thioether (sulfide) groups is 1. The molecule has 3 atom stereocenters. The lowest BCUT2D eigenvalue weighted by molar-refractivity contribution is -0.142. The summed E-state index contributed by atoms with van der Waals surface area (Å²) in [5.41, 5.74) is 5.40. The van der Waals surface area contributed by atoms with Crippen molar-refractivity contribution in [3.05, 3.63) is 0 Å². The highest BCUT2D eigenvalue weighted by molar-refractivity contribution is 7.98. The van der Waals surface area contributed by atoms with Crippen molar-refractivity contribution in [3.8, 4) is 0 Å². The standard InChI is InChI=1S/C16H30N4O5S/c1-9(2)7-12(19-13(21)8-18-14(22)10(3)17)15(23)20-11(16(24)25)5-6-26-4/h9-12H,5-8,17H2,1-4H3,(H,18,22)(H,19,21)(H,20,23)(H,24,25). The first-order valence-corrected chi connectivity index (χ1v) is 9.82. The van der Waals surface area contributed by atoms with Gasteiger partial charge in [-0.15, -0.1) is 0 Å². The van der Waals surface area contributed by atoms with Crippen molar-refractivity contribution in [1.82, 2.24) is 16.0 Å². The van der Waals surface area contributed by atoms with E-state index in [1.807, 2.05) is 20.1 Å². The zero-order chi connectivity index (χ0) is 20.3. The smallest absolute Gasteiger partial charge is 0.326 e. The van der Waals surface area contributed by atoms with Crippen LogP contribution < -0.4 is 21.7 Å². The van der Waals surface area contributed by atoms with Crippen LogP contribution in [0.1, 0.15) is 33.6 Å². The maximum Gasteiger partial charge on any atom is 0.326 e. The number of aliphatic carboxylic acids is 1. The molecule has 0 spiro atoms. The molecule has 9 nitrogen and oxygen atoms in total. The van der Waals surface area contributed by atoms with Gasteiger partial charge in [0.2, 0.25) is 17.7 Å². The molecule has 6 N–H and O–H groups in total. The molecule has 150 valence electrons. The Morgan fingerprint density at radius 1 is 1.04 bits per heavy atom. The number of carbonyl (C=O) groups excluding carboxylic acids is 3. The summed E-state index contributed by atoms with van der Waals surface area (Å²) in [6, 6.07) is -2.64. The Bertz CT molecular complexity index is 499. The minimum Gasteiger partial charge on any atom is -0.480 e. The van der Waals surface area contributed by atoms with Crippen LogP contribution in [0.2, 0.25) is 0 Å². The van der Waals surface area contributed by atoms with E-state index in [1.165, 1.54) is 18.7 Å². The summed E-state index contributed by atoms with van der Waals surface area (Å²) in [5, 5.41) is 16.6. The lowest BCUT2D eigenvalue weighted by Crippen LogP contribution is -2.54. The molecule has 0 radical (unpaired) electrons. The summed E-state index contributed by atoms with van der Waals surface area (Å²) in [7, 11) is 0. The predicted molar refractivity (Wildman–Crippen MR) is 101 cm³/mol. The highest BCUT2D eigenvalue weighted by Crippen LogP contribution is 2.07. The van der Waals surface area contributed by atoms with Crippen molar-refractivity contribution >= 4 is 35.5 Å². The van der Waals surface area contributed by atoms with Gasteiger partial charge in [0.05, 0.1) is 12.6 Å². The number of carboxylic acid groups (broad SMARTS) is 1. The second-order valence-corrected chi connectivity index (χ2v) is 7.42. The summed E-state index contributed by atoms with van der Waals surface area (Å²) in [5.74, 6) is -2.02. The minimum absolute atomic E-state index is 0.0965. The van der Waals surface area contributed by atoms with Crippen LogP contribution in [0.3, 0.4) is 0 Å². The highest BCUT2D eigenvalue weighted by atomic mass is 32.2. The Kier molecular flexibility index (Phi) is 11.7. The van der Waals surface area contributed by atoms with Crippen LogP contribution in [0.25, 0.3) is 0 Å². The largest absolute Gasteiger partial charge is 0.480 e. The number of rotatable bonds is 12. The Morgan fingerprint density at radius 3 is 2.12 bits per heavy atom. The van der Waals surface area contributed by atoms with Crippen molar-refractivity contribution in [2.45, 2.75) is 51.7 Å². The third-order valence-corrected chi connectivity index (χ3v) is 4.06. The van der Waals surface area contributed by atoms with Crippen LogP contribution in [0, 0.1) is 5.92 Å². The lowest BCUT2D eigenvalue weighted by atomic mass is 10.0. The average molecular weight is 391 g/mol. The maximum atomic E-state index is 12.4. The molecule has 3 unspecified atom stereocenters. The molecule has 0 aromatic heterocycles. The van der Waals surface area contributed by atoms with Crippen LogP contribution in [-0.4, -0.2) is 65.5 Å². The summed E-state index contributed by atoms with van der Waals surface area (Å²) >= 11 is 1.48. The summed E-state index contributed by atoms with van der Waals surface area (Å²) in [6.45, 7) is 4.94. The molecule has 0 aromatic carbocycles. The fourth-order valence-electron chi connectivity index (χ4n) is 2.04. The Morgan fingerprint density at radius 2 is 1.65 bits per heavy atom. The first kappa shape index (κ1) is 24.2. The third kappa shape index (κ3) is 10.2. The molecular formula is C16H30N4O5S. The number of carbonyl (C=O) groups is 4. The van der Waals surface area contributed by atoms with Gasteiger partial charge in [0.15, 0.2) is 0 Å². The fourth-order valence-corrected chi connectivity index (χ4v) is 2.51. The molecule has 0 aliphatic heterocycles. The number of hydrogen-bond donors (Lipinski definition) is 5. The molecule has 0 aliphatic rings. The van der Waals surface area contributed by atoms with Crippen molar-refractivity contribution in [3.63, 3.8) is 0 Å². The average Bonchev–Trinajstić information content (AvgIpc) is 2.54. The summed E-state index contributed by atoms with van der Waals surface area (Å²) in [4.78, 5) is 47.1. The quantitative estimate of drug-likeness (QED) is 0.296. The van der Waals surface area contributed by atoms with E-state index in [-0.39, 0.29) is 18.9 Å². The summed E-state index contributed by atoms with van der Waals surface area (Å²) < 4.78 is 0. The molecule has 0 fully saturated rings. The van der Waals surface area contributed by atoms with Crippen LogP contribution in [-0.2, 0) is 19.2 Å². The zero-order valence-electron chi connectivity index (χ0n) is 15.7. The van der Waals surface area contributed by atoms with Gasteiger partial charge in [-0.05, 0) is 37.7 Å². The third-order valence-electron chi connectivity index (χ3n) is 3.42. The molecular weight excluding hydrogens is 360 g/mol. The van der Waals surface area contributed by atoms with E-state index in [4.69, 9.17) is 5.73 Å². The molecule has 10 heteroatoms. The Balaban J connectivity index is 4.84. The van der Waals surface area contributed by atoms with Gasteiger partial charge >= 0.3 is 5.97 Å². The van der Waals surface area contributed by atoms with E-state index < -0.39 is 41.8 Å². The molecule has 0 rings (SSSR count).